The zero-order valence-corrected chi connectivity index (χ0v) is 10.8. The zero-order chi connectivity index (χ0) is 13.1. The van der Waals surface area contributed by atoms with Gasteiger partial charge >= 0.3 is 0 Å². The quantitative estimate of drug-likeness (QED) is 0.870. The van der Waals surface area contributed by atoms with Crippen molar-refractivity contribution >= 4 is 11.6 Å². The van der Waals surface area contributed by atoms with E-state index in [1.165, 1.54) is 25.0 Å². The van der Waals surface area contributed by atoms with Gasteiger partial charge in [0, 0.05) is 11.7 Å². The second-order valence-electron chi connectivity index (χ2n) is 5.05. The monoisotopic (exact) mass is 250 g/mol. The van der Waals surface area contributed by atoms with Crippen LogP contribution in [0.3, 0.4) is 0 Å². The summed E-state index contributed by atoms with van der Waals surface area (Å²) in [5, 5.41) is 2.71. The van der Waals surface area contributed by atoms with Gasteiger partial charge in [-0.1, -0.05) is 6.07 Å². The normalized spacial score (nSPS) is 16.7. The van der Waals surface area contributed by atoms with Crippen molar-refractivity contribution in [2.24, 2.45) is 5.92 Å². The number of nitrogens with one attached hydrogen (secondary N) is 1. The summed E-state index contributed by atoms with van der Waals surface area (Å²) in [4.78, 5) is 13.9. The Bertz CT molecular complexity index is 432. The Kier molecular flexibility index (Phi) is 3.97. The number of hydrogen-bond acceptors (Lipinski definition) is 2. The van der Waals surface area contributed by atoms with Crippen molar-refractivity contribution in [3.8, 4) is 0 Å². The van der Waals surface area contributed by atoms with Gasteiger partial charge in [0.15, 0.2) is 0 Å². The van der Waals surface area contributed by atoms with Crippen molar-refractivity contribution in [2.75, 3.05) is 18.9 Å². The second-order valence-corrected chi connectivity index (χ2v) is 5.05. The lowest BCUT2D eigenvalue weighted by Crippen LogP contribution is -2.37. The Morgan fingerprint density at radius 3 is 2.89 bits per heavy atom. The van der Waals surface area contributed by atoms with Gasteiger partial charge in [0.2, 0.25) is 5.91 Å². The third-order valence-electron chi connectivity index (χ3n) is 3.50. The first-order valence-electron chi connectivity index (χ1n) is 6.32. The van der Waals surface area contributed by atoms with Gasteiger partial charge in [-0.15, -0.1) is 0 Å². The zero-order valence-electron chi connectivity index (χ0n) is 10.8. The molecule has 1 N–H and O–H groups in total. The summed E-state index contributed by atoms with van der Waals surface area (Å²) in [5.41, 5.74) is 0.507. The molecule has 98 valence electrons. The minimum absolute atomic E-state index is 0.101. The average Bonchev–Trinajstić information content (AvgIpc) is 3.11. The Balaban J connectivity index is 1.84. The molecule has 0 saturated heterocycles. The van der Waals surface area contributed by atoms with Gasteiger partial charge in [-0.2, -0.15) is 0 Å². The van der Waals surface area contributed by atoms with Gasteiger partial charge < -0.3 is 5.32 Å². The summed E-state index contributed by atoms with van der Waals surface area (Å²) < 4.78 is 13.0. The van der Waals surface area contributed by atoms with E-state index in [-0.39, 0.29) is 11.7 Å². The van der Waals surface area contributed by atoms with Crippen LogP contribution >= 0.6 is 0 Å². The molecule has 0 radical (unpaired) electrons. The maximum absolute atomic E-state index is 13.0. The number of amides is 1. The number of likely N-dealkylation sites (N-methyl/N-ethyl adjacent to an activating group) is 1. The standard InChI is InChI=1S/C14H19FN2O/c1-10(11-6-7-11)17(2)9-14(18)16-13-5-3-4-12(15)8-13/h3-5,8,10-11H,6-7,9H2,1-2H3,(H,16,18)/t10-/m0/s1. The van der Waals surface area contributed by atoms with Crippen molar-refractivity contribution in [1.82, 2.24) is 4.90 Å². The number of rotatable bonds is 5. The van der Waals surface area contributed by atoms with Gasteiger partial charge in [0.25, 0.3) is 0 Å². The van der Waals surface area contributed by atoms with Crippen molar-refractivity contribution in [1.29, 1.82) is 0 Å². The summed E-state index contributed by atoms with van der Waals surface area (Å²) in [6.45, 7) is 2.49. The SMILES string of the molecule is C[C@@H](C1CC1)N(C)CC(=O)Nc1cccc(F)c1. The van der Waals surface area contributed by atoms with E-state index in [0.717, 1.165) is 5.92 Å². The number of hydrogen-bond donors (Lipinski definition) is 1. The van der Waals surface area contributed by atoms with Crippen LogP contribution in [0.2, 0.25) is 0 Å². The summed E-state index contributed by atoms with van der Waals surface area (Å²) >= 11 is 0. The molecule has 1 amide bonds. The van der Waals surface area contributed by atoms with E-state index in [0.29, 0.717) is 18.3 Å². The first-order chi connectivity index (χ1) is 8.56. The molecule has 0 spiro atoms. The number of carbonyl (C=O) groups excluding carboxylic acids is 1. The fraction of sp³-hybridized carbons (Fsp3) is 0.500. The lowest BCUT2D eigenvalue weighted by molar-refractivity contribution is -0.117. The molecule has 3 nitrogen and oxygen atoms in total. The van der Waals surface area contributed by atoms with E-state index in [4.69, 9.17) is 0 Å². The minimum atomic E-state index is -0.340. The smallest absolute Gasteiger partial charge is 0.238 e. The number of benzene rings is 1. The highest BCUT2D eigenvalue weighted by Crippen LogP contribution is 2.34. The second kappa shape index (κ2) is 5.48. The van der Waals surface area contributed by atoms with E-state index in [9.17, 15) is 9.18 Å². The van der Waals surface area contributed by atoms with Crippen LogP contribution in [0.15, 0.2) is 24.3 Å². The Labute approximate surface area is 107 Å². The minimum Gasteiger partial charge on any atom is -0.325 e. The van der Waals surface area contributed by atoms with Crippen LogP contribution in [0.25, 0.3) is 0 Å². The number of halogens is 1. The number of anilines is 1. The van der Waals surface area contributed by atoms with Crippen molar-refractivity contribution in [3.05, 3.63) is 30.1 Å². The predicted molar refractivity (Wildman–Crippen MR) is 69.8 cm³/mol. The number of carbonyl (C=O) groups is 1. The van der Waals surface area contributed by atoms with Crippen LogP contribution in [-0.4, -0.2) is 30.4 Å². The van der Waals surface area contributed by atoms with E-state index >= 15 is 0 Å². The van der Waals surface area contributed by atoms with Gasteiger partial charge in [-0.3, -0.25) is 9.69 Å². The molecular formula is C14H19FN2O. The first-order valence-corrected chi connectivity index (χ1v) is 6.32. The molecular weight excluding hydrogens is 231 g/mol. The summed E-state index contributed by atoms with van der Waals surface area (Å²) in [5.74, 6) is 0.292. The molecule has 1 saturated carbocycles. The lowest BCUT2D eigenvalue weighted by Gasteiger charge is -2.23. The average molecular weight is 250 g/mol. The fourth-order valence-corrected chi connectivity index (χ4v) is 2.08. The predicted octanol–water partition coefficient (Wildman–Crippen LogP) is 2.49. The van der Waals surface area contributed by atoms with Crippen molar-refractivity contribution in [3.63, 3.8) is 0 Å². The summed E-state index contributed by atoms with van der Waals surface area (Å²) in [6.07, 6.45) is 2.52. The maximum Gasteiger partial charge on any atom is 0.238 e. The van der Waals surface area contributed by atoms with Gasteiger partial charge in [0.05, 0.1) is 6.54 Å². The highest BCUT2D eigenvalue weighted by atomic mass is 19.1. The van der Waals surface area contributed by atoms with Crippen LogP contribution in [0, 0.1) is 11.7 Å². The summed E-state index contributed by atoms with van der Waals surface area (Å²) in [7, 11) is 1.95. The molecule has 1 aliphatic rings. The molecule has 0 unspecified atom stereocenters. The van der Waals surface area contributed by atoms with Crippen LogP contribution in [0.4, 0.5) is 10.1 Å². The molecule has 0 heterocycles. The Morgan fingerprint density at radius 1 is 1.56 bits per heavy atom. The fourth-order valence-electron chi connectivity index (χ4n) is 2.08. The van der Waals surface area contributed by atoms with Crippen LogP contribution in [0.1, 0.15) is 19.8 Å². The molecule has 18 heavy (non-hydrogen) atoms. The molecule has 1 aromatic carbocycles. The van der Waals surface area contributed by atoms with E-state index in [2.05, 4.69) is 12.2 Å². The highest BCUT2D eigenvalue weighted by molar-refractivity contribution is 5.92. The molecule has 1 aliphatic carbocycles. The van der Waals surface area contributed by atoms with Crippen molar-refractivity contribution < 1.29 is 9.18 Å². The van der Waals surface area contributed by atoms with Gasteiger partial charge in [-0.25, -0.2) is 4.39 Å². The Morgan fingerprint density at radius 2 is 2.28 bits per heavy atom. The Hall–Kier alpha value is -1.42. The molecule has 1 aromatic rings. The third-order valence-corrected chi connectivity index (χ3v) is 3.50. The maximum atomic E-state index is 13.0. The van der Waals surface area contributed by atoms with E-state index in [1.54, 1.807) is 12.1 Å². The molecule has 1 fully saturated rings. The first kappa shape index (κ1) is 13.0. The van der Waals surface area contributed by atoms with Crippen molar-refractivity contribution in [2.45, 2.75) is 25.8 Å². The molecule has 0 aromatic heterocycles. The lowest BCUT2D eigenvalue weighted by atomic mass is 10.2. The highest BCUT2D eigenvalue weighted by Gasteiger charge is 2.30. The topological polar surface area (TPSA) is 32.3 Å². The summed E-state index contributed by atoms with van der Waals surface area (Å²) in [6, 6.07) is 6.38. The number of nitrogens with zero attached hydrogens (tertiary/aromatic N) is 1. The largest absolute Gasteiger partial charge is 0.325 e. The molecule has 4 heteroatoms. The van der Waals surface area contributed by atoms with Gasteiger partial charge in [-0.05, 0) is 50.9 Å². The molecule has 2 rings (SSSR count). The van der Waals surface area contributed by atoms with Gasteiger partial charge in [0.1, 0.15) is 5.82 Å². The van der Waals surface area contributed by atoms with Crippen LogP contribution in [-0.2, 0) is 4.79 Å². The van der Waals surface area contributed by atoms with Crippen LogP contribution < -0.4 is 5.32 Å². The molecule has 1 atom stereocenters. The van der Waals surface area contributed by atoms with E-state index < -0.39 is 0 Å². The molecule has 0 bridgehead atoms. The van der Waals surface area contributed by atoms with Crippen LogP contribution in [0.5, 0.6) is 0 Å². The van der Waals surface area contributed by atoms with E-state index in [1.807, 2.05) is 11.9 Å². The molecule has 0 aliphatic heterocycles. The third kappa shape index (κ3) is 3.53.